The highest BCUT2D eigenvalue weighted by molar-refractivity contribution is 5.80. The lowest BCUT2D eigenvalue weighted by Crippen LogP contribution is -2.33. The molecule has 2 fully saturated rings. The molecule has 27 heavy (non-hydrogen) atoms. The van der Waals surface area contributed by atoms with Gasteiger partial charge in [-0.05, 0) is 37.7 Å². The summed E-state index contributed by atoms with van der Waals surface area (Å²) in [7, 11) is 0. The maximum atomic E-state index is 12.5. The van der Waals surface area contributed by atoms with Crippen LogP contribution >= 0.6 is 0 Å². The zero-order valence-corrected chi connectivity index (χ0v) is 15.7. The van der Waals surface area contributed by atoms with E-state index in [0.717, 1.165) is 30.8 Å². The van der Waals surface area contributed by atoms with E-state index >= 15 is 0 Å². The van der Waals surface area contributed by atoms with Gasteiger partial charge >= 0.3 is 0 Å². The van der Waals surface area contributed by atoms with Crippen LogP contribution in [-0.4, -0.2) is 28.8 Å². The Labute approximate surface area is 159 Å². The van der Waals surface area contributed by atoms with E-state index in [4.69, 9.17) is 0 Å². The molecule has 142 valence electrons. The molecule has 6 nitrogen and oxygen atoms in total. The zero-order valence-electron chi connectivity index (χ0n) is 15.7. The van der Waals surface area contributed by atoms with Gasteiger partial charge in [0.2, 0.25) is 5.91 Å². The predicted octanol–water partition coefficient (Wildman–Crippen LogP) is 2.10. The minimum atomic E-state index is -0.0515. The molecule has 0 radical (unpaired) electrons. The average Bonchev–Trinajstić information content (AvgIpc) is 3.35. The number of hydrogen-bond donors (Lipinski definition) is 1. The maximum Gasteiger partial charge on any atom is 0.268 e. The van der Waals surface area contributed by atoms with E-state index in [-0.39, 0.29) is 17.4 Å². The largest absolute Gasteiger partial charge is 0.369 e. The first kappa shape index (κ1) is 17.8. The molecule has 1 aromatic heterocycles. The van der Waals surface area contributed by atoms with Gasteiger partial charge in [-0.15, -0.1) is 0 Å². The predicted molar refractivity (Wildman–Crippen MR) is 105 cm³/mol. The summed E-state index contributed by atoms with van der Waals surface area (Å²) in [5.41, 5.74) is 3.09. The van der Waals surface area contributed by atoms with Gasteiger partial charge in [-0.2, -0.15) is 5.10 Å². The molecule has 2 aliphatic rings. The van der Waals surface area contributed by atoms with E-state index in [1.165, 1.54) is 18.4 Å². The number of anilines is 1. The number of nitrogens with zero attached hydrogens (tertiary/aromatic N) is 3. The lowest BCUT2D eigenvalue weighted by atomic mass is 10.1. The third-order valence-electron chi connectivity index (χ3n) is 5.49. The number of hydrogen-bond acceptors (Lipinski definition) is 4. The second-order valence-electron chi connectivity index (χ2n) is 7.81. The minimum Gasteiger partial charge on any atom is -0.369 e. The van der Waals surface area contributed by atoms with Crippen molar-refractivity contribution in [2.75, 3.05) is 18.0 Å². The Morgan fingerprint density at radius 1 is 1.22 bits per heavy atom. The van der Waals surface area contributed by atoms with Gasteiger partial charge in [0, 0.05) is 32.2 Å². The lowest BCUT2D eigenvalue weighted by Gasteiger charge is -2.18. The van der Waals surface area contributed by atoms with Crippen LogP contribution in [-0.2, 0) is 17.9 Å². The number of aryl methyl sites for hydroxylation is 1. The van der Waals surface area contributed by atoms with Gasteiger partial charge in [-0.25, -0.2) is 4.68 Å². The number of carbonyl (C=O) groups is 1. The highest BCUT2D eigenvalue weighted by atomic mass is 16.2. The molecule has 1 unspecified atom stereocenters. The number of amides is 1. The van der Waals surface area contributed by atoms with Crippen LogP contribution in [0.1, 0.15) is 30.4 Å². The smallest absolute Gasteiger partial charge is 0.268 e. The fourth-order valence-corrected chi connectivity index (χ4v) is 3.53. The van der Waals surface area contributed by atoms with Crippen molar-refractivity contribution in [1.29, 1.82) is 0 Å². The second kappa shape index (κ2) is 7.55. The van der Waals surface area contributed by atoms with Gasteiger partial charge in [0.1, 0.15) is 0 Å². The molecule has 1 saturated carbocycles. The Kier molecular flexibility index (Phi) is 4.97. The summed E-state index contributed by atoms with van der Waals surface area (Å²) in [6, 6.07) is 9.84. The van der Waals surface area contributed by atoms with E-state index < -0.39 is 0 Å². The zero-order chi connectivity index (χ0) is 18.8. The molecular weight excluding hydrogens is 340 g/mol. The van der Waals surface area contributed by atoms with Crippen molar-refractivity contribution in [3.05, 3.63) is 58.0 Å². The third kappa shape index (κ3) is 4.38. The first-order valence-electron chi connectivity index (χ1n) is 9.74. The van der Waals surface area contributed by atoms with Crippen LogP contribution in [0, 0.1) is 18.8 Å². The second-order valence-corrected chi connectivity index (χ2v) is 7.81. The molecule has 1 amide bonds. The van der Waals surface area contributed by atoms with Crippen LogP contribution in [0.5, 0.6) is 0 Å². The molecule has 1 N–H and O–H groups in total. The Balaban J connectivity index is 1.32. The Morgan fingerprint density at radius 2 is 2.00 bits per heavy atom. The van der Waals surface area contributed by atoms with Crippen LogP contribution in [0.2, 0.25) is 0 Å². The maximum absolute atomic E-state index is 12.5. The van der Waals surface area contributed by atoms with Crippen molar-refractivity contribution >= 4 is 11.6 Å². The Bertz CT molecular complexity index is 870. The first-order valence-corrected chi connectivity index (χ1v) is 9.74. The van der Waals surface area contributed by atoms with Crippen molar-refractivity contribution in [3.8, 4) is 0 Å². The third-order valence-corrected chi connectivity index (χ3v) is 5.49. The SMILES string of the molecule is Cc1ccc(CNC(=O)C2CCN(c3cnn(CC4CC4)c(=O)c3)C2)cc1. The van der Waals surface area contributed by atoms with Crippen molar-refractivity contribution in [2.45, 2.75) is 39.3 Å². The standard InChI is InChI=1S/C21H26N4O2/c1-15-2-4-16(5-3-15)11-22-21(27)18-8-9-24(14-18)19-10-20(26)25(23-12-19)13-17-6-7-17/h2-5,10,12,17-18H,6-9,11,13-14H2,1H3,(H,22,27). The van der Waals surface area contributed by atoms with Gasteiger partial charge in [0.15, 0.2) is 0 Å². The molecule has 6 heteroatoms. The molecule has 1 aliphatic heterocycles. The van der Waals surface area contributed by atoms with Crippen LogP contribution in [0.25, 0.3) is 0 Å². The van der Waals surface area contributed by atoms with Gasteiger partial charge in [0.25, 0.3) is 5.56 Å². The molecule has 2 aromatic rings. The van der Waals surface area contributed by atoms with Gasteiger partial charge in [-0.3, -0.25) is 9.59 Å². The molecule has 1 aromatic carbocycles. The summed E-state index contributed by atoms with van der Waals surface area (Å²) < 4.78 is 1.56. The summed E-state index contributed by atoms with van der Waals surface area (Å²) >= 11 is 0. The van der Waals surface area contributed by atoms with E-state index in [0.29, 0.717) is 19.0 Å². The summed E-state index contributed by atoms with van der Waals surface area (Å²) in [4.78, 5) is 26.8. The van der Waals surface area contributed by atoms with Crippen LogP contribution < -0.4 is 15.8 Å². The van der Waals surface area contributed by atoms with Crippen LogP contribution in [0.4, 0.5) is 5.69 Å². The van der Waals surface area contributed by atoms with E-state index in [1.807, 2.05) is 12.1 Å². The fourth-order valence-electron chi connectivity index (χ4n) is 3.53. The van der Waals surface area contributed by atoms with Crippen LogP contribution in [0.15, 0.2) is 41.3 Å². The monoisotopic (exact) mass is 366 g/mol. The van der Waals surface area contributed by atoms with Crippen molar-refractivity contribution < 1.29 is 4.79 Å². The minimum absolute atomic E-state index is 0.0494. The molecular formula is C21H26N4O2. The molecule has 0 bridgehead atoms. The van der Waals surface area contributed by atoms with Gasteiger partial charge in [-0.1, -0.05) is 29.8 Å². The molecule has 1 aliphatic carbocycles. The Hall–Kier alpha value is -2.63. The Morgan fingerprint density at radius 3 is 2.70 bits per heavy atom. The average molecular weight is 366 g/mol. The summed E-state index contributed by atoms with van der Waals surface area (Å²) in [5.74, 6) is 0.645. The lowest BCUT2D eigenvalue weighted by molar-refractivity contribution is -0.124. The normalized spacial score (nSPS) is 19.3. The van der Waals surface area contributed by atoms with Crippen LogP contribution in [0.3, 0.4) is 0 Å². The van der Waals surface area contributed by atoms with E-state index in [1.54, 1.807) is 16.9 Å². The number of nitrogens with one attached hydrogen (secondary N) is 1. The number of carbonyl (C=O) groups excluding carboxylic acids is 1. The molecule has 1 saturated heterocycles. The highest BCUT2D eigenvalue weighted by Crippen LogP contribution is 2.30. The van der Waals surface area contributed by atoms with Crippen molar-refractivity contribution in [3.63, 3.8) is 0 Å². The molecule has 2 heterocycles. The van der Waals surface area contributed by atoms with Gasteiger partial charge in [0.05, 0.1) is 17.8 Å². The fraction of sp³-hybridized carbons (Fsp3) is 0.476. The first-order chi connectivity index (χ1) is 13.1. The quantitative estimate of drug-likeness (QED) is 0.850. The molecule has 0 spiro atoms. The molecule has 4 rings (SSSR count). The van der Waals surface area contributed by atoms with Gasteiger partial charge < -0.3 is 10.2 Å². The summed E-state index contributed by atoms with van der Waals surface area (Å²) in [6.07, 6.45) is 4.95. The van der Waals surface area contributed by atoms with Crippen molar-refractivity contribution in [1.82, 2.24) is 15.1 Å². The van der Waals surface area contributed by atoms with E-state index in [9.17, 15) is 9.59 Å². The highest BCUT2D eigenvalue weighted by Gasteiger charge is 2.29. The molecule has 1 atom stereocenters. The number of aromatic nitrogens is 2. The summed E-state index contributed by atoms with van der Waals surface area (Å²) in [6.45, 7) is 4.73. The topological polar surface area (TPSA) is 67.2 Å². The number of benzene rings is 1. The number of rotatable bonds is 6. The van der Waals surface area contributed by atoms with E-state index in [2.05, 4.69) is 34.4 Å². The summed E-state index contributed by atoms with van der Waals surface area (Å²) in [5, 5.41) is 7.35. The van der Waals surface area contributed by atoms with Crippen molar-refractivity contribution in [2.24, 2.45) is 11.8 Å².